The molecule has 0 aliphatic heterocycles. The van der Waals surface area contributed by atoms with Crippen LogP contribution < -0.4 is 10.1 Å². The minimum Gasteiger partial charge on any atom is -0.497 e. The van der Waals surface area contributed by atoms with E-state index in [-0.39, 0.29) is 6.61 Å². The minimum atomic E-state index is -0.470. The molecule has 164 valence electrons. The summed E-state index contributed by atoms with van der Waals surface area (Å²) in [5.41, 5.74) is 3.90. The summed E-state index contributed by atoms with van der Waals surface area (Å²) in [4.78, 5) is 16.6. The number of rotatable bonds is 7. The third-order valence-electron chi connectivity index (χ3n) is 5.28. The van der Waals surface area contributed by atoms with Gasteiger partial charge in [-0.3, -0.25) is 4.98 Å². The number of halogens is 1. The molecular formula is C25H24ClN3O3. The summed E-state index contributed by atoms with van der Waals surface area (Å²) in [6.45, 7) is 3.14. The number of amides is 1. The summed E-state index contributed by atoms with van der Waals surface area (Å²) in [6.07, 6.45) is 4.94. The van der Waals surface area contributed by atoms with Crippen LogP contribution in [-0.2, 0) is 11.3 Å². The predicted molar refractivity (Wildman–Crippen MR) is 128 cm³/mol. The summed E-state index contributed by atoms with van der Waals surface area (Å²) in [5.74, 6) is 0.782. The van der Waals surface area contributed by atoms with Crippen molar-refractivity contribution in [2.75, 3.05) is 20.3 Å². The molecule has 2 heterocycles. The maximum atomic E-state index is 12.1. The number of fused-ring (bicyclic) bond motifs is 3. The van der Waals surface area contributed by atoms with Crippen molar-refractivity contribution in [2.45, 2.75) is 13.5 Å². The van der Waals surface area contributed by atoms with Gasteiger partial charge in [0.1, 0.15) is 12.4 Å². The fraction of sp³-hybridized carbons (Fsp3) is 0.200. The molecule has 0 fully saturated rings. The van der Waals surface area contributed by atoms with E-state index in [2.05, 4.69) is 20.9 Å². The van der Waals surface area contributed by atoms with Gasteiger partial charge in [-0.2, -0.15) is 0 Å². The van der Waals surface area contributed by atoms with E-state index >= 15 is 0 Å². The molecule has 0 atom stereocenters. The highest BCUT2D eigenvalue weighted by Gasteiger charge is 2.14. The van der Waals surface area contributed by atoms with Gasteiger partial charge in [0.2, 0.25) is 0 Å². The Morgan fingerprint density at radius 3 is 2.84 bits per heavy atom. The number of carbonyl (C=O) groups is 1. The van der Waals surface area contributed by atoms with E-state index in [0.29, 0.717) is 18.1 Å². The fourth-order valence-corrected chi connectivity index (χ4v) is 3.99. The number of pyridine rings is 1. The SMILES string of the molecule is COc1ccc2c3ccnc(C)c3n(CCNC(=O)OC/C=C/c3ccccc3Cl)c2c1. The lowest BCUT2D eigenvalue weighted by molar-refractivity contribution is 0.158. The second-order valence-corrected chi connectivity index (χ2v) is 7.68. The van der Waals surface area contributed by atoms with Crippen molar-refractivity contribution >= 4 is 45.6 Å². The van der Waals surface area contributed by atoms with Gasteiger partial charge in [0.25, 0.3) is 0 Å². The Bertz CT molecular complexity index is 1300. The number of carbonyl (C=O) groups excluding carboxylic acids is 1. The van der Waals surface area contributed by atoms with Gasteiger partial charge in [-0.15, -0.1) is 0 Å². The van der Waals surface area contributed by atoms with Crippen molar-refractivity contribution in [2.24, 2.45) is 0 Å². The van der Waals surface area contributed by atoms with Crippen molar-refractivity contribution in [3.8, 4) is 5.75 Å². The van der Waals surface area contributed by atoms with Gasteiger partial charge in [0, 0.05) is 41.1 Å². The van der Waals surface area contributed by atoms with E-state index in [1.165, 1.54) is 0 Å². The van der Waals surface area contributed by atoms with Gasteiger partial charge in [-0.1, -0.05) is 35.9 Å². The summed E-state index contributed by atoms with van der Waals surface area (Å²) in [5, 5.41) is 5.72. The molecule has 1 amide bonds. The molecule has 0 aliphatic carbocycles. The predicted octanol–water partition coefficient (Wildman–Crippen LogP) is 5.60. The molecule has 2 aromatic carbocycles. The van der Waals surface area contributed by atoms with Gasteiger partial charge in [-0.25, -0.2) is 4.79 Å². The van der Waals surface area contributed by atoms with Crippen molar-refractivity contribution in [1.82, 2.24) is 14.9 Å². The summed E-state index contributed by atoms with van der Waals surface area (Å²) in [7, 11) is 1.65. The second-order valence-electron chi connectivity index (χ2n) is 7.28. The molecule has 0 saturated carbocycles. The molecule has 0 bridgehead atoms. The van der Waals surface area contributed by atoms with Gasteiger partial charge >= 0.3 is 6.09 Å². The highest BCUT2D eigenvalue weighted by Crippen LogP contribution is 2.32. The third kappa shape index (κ3) is 4.55. The quantitative estimate of drug-likeness (QED) is 0.399. The van der Waals surface area contributed by atoms with E-state index < -0.39 is 6.09 Å². The van der Waals surface area contributed by atoms with Crippen LogP contribution in [0.5, 0.6) is 5.75 Å². The van der Waals surface area contributed by atoms with E-state index in [9.17, 15) is 4.79 Å². The molecule has 7 heteroatoms. The normalized spacial score (nSPS) is 11.3. The molecule has 32 heavy (non-hydrogen) atoms. The lowest BCUT2D eigenvalue weighted by Gasteiger charge is -2.10. The Hall–Kier alpha value is -3.51. The van der Waals surface area contributed by atoms with Gasteiger partial charge < -0.3 is 19.4 Å². The average Bonchev–Trinajstić information content (AvgIpc) is 3.12. The highest BCUT2D eigenvalue weighted by molar-refractivity contribution is 6.32. The van der Waals surface area contributed by atoms with Crippen LogP contribution in [0.1, 0.15) is 11.3 Å². The van der Waals surface area contributed by atoms with Crippen LogP contribution in [0.25, 0.3) is 27.9 Å². The number of aromatic nitrogens is 2. The number of aryl methyl sites for hydroxylation is 1. The monoisotopic (exact) mass is 449 g/mol. The smallest absolute Gasteiger partial charge is 0.407 e. The van der Waals surface area contributed by atoms with Gasteiger partial charge in [-0.05, 0) is 42.8 Å². The Kier molecular flexibility index (Phi) is 6.61. The third-order valence-corrected chi connectivity index (χ3v) is 5.63. The fourth-order valence-electron chi connectivity index (χ4n) is 3.79. The number of ether oxygens (including phenoxy) is 2. The first-order valence-corrected chi connectivity index (χ1v) is 10.7. The maximum Gasteiger partial charge on any atom is 0.407 e. The van der Waals surface area contributed by atoms with Crippen LogP contribution in [0.4, 0.5) is 4.79 Å². The number of alkyl carbamates (subject to hydrolysis) is 1. The first-order chi connectivity index (χ1) is 15.6. The van der Waals surface area contributed by atoms with Crippen LogP contribution in [0.3, 0.4) is 0 Å². The summed E-state index contributed by atoms with van der Waals surface area (Å²) >= 11 is 6.11. The van der Waals surface area contributed by atoms with Gasteiger partial charge in [0.05, 0.1) is 23.8 Å². The minimum absolute atomic E-state index is 0.159. The summed E-state index contributed by atoms with van der Waals surface area (Å²) in [6, 6.07) is 15.5. The topological polar surface area (TPSA) is 65.4 Å². The first-order valence-electron chi connectivity index (χ1n) is 10.3. The Morgan fingerprint density at radius 2 is 2.03 bits per heavy atom. The number of nitrogens with zero attached hydrogens (tertiary/aromatic N) is 2. The largest absolute Gasteiger partial charge is 0.497 e. The first kappa shape index (κ1) is 21.7. The van der Waals surface area contributed by atoms with Crippen molar-refractivity contribution in [3.63, 3.8) is 0 Å². The van der Waals surface area contributed by atoms with E-state index in [4.69, 9.17) is 21.1 Å². The lowest BCUT2D eigenvalue weighted by atomic mass is 10.1. The molecule has 0 spiro atoms. The molecule has 2 aromatic heterocycles. The van der Waals surface area contributed by atoms with Crippen LogP contribution >= 0.6 is 11.6 Å². The highest BCUT2D eigenvalue weighted by atomic mass is 35.5. The van der Waals surface area contributed by atoms with Crippen LogP contribution in [0.2, 0.25) is 5.02 Å². The van der Waals surface area contributed by atoms with Crippen molar-refractivity contribution in [1.29, 1.82) is 0 Å². The Balaban J connectivity index is 1.41. The van der Waals surface area contributed by atoms with Crippen LogP contribution in [-0.4, -0.2) is 35.9 Å². The van der Waals surface area contributed by atoms with E-state index in [1.54, 1.807) is 13.2 Å². The Labute approximate surface area is 191 Å². The van der Waals surface area contributed by atoms with Gasteiger partial charge in [0.15, 0.2) is 0 Å². The molecular weight excluding hydrogens is 426 g/mol. The second kappa shape index (κ2) is 9.75. The summed E-state index contributed by atoms with van der Waals surface area (Å²) < 4.78 is 12.8. The van der Waals surface area contributed by atoms with Crippen molar-refractivity contribution in [3.05, 3.63) is 77.1 Å². The van der Waals surface area contributed by atoms with Crippen LogP contribution in [0, 0.1) is 6.92 Å². The Morgan fingerprint density at radius 1 is 1.19 bits per heavy atom. The number of benzene rings is 2. The zero-order valence-electron chi connectivity index (χ0n) is 18.0. The standard InChI is InChI=1S/C25H24ClN3O3/c1-17-24-21(11-12-27-17)20-10-9-19(31-2)16-23(20)29(24)14-13-28-25(30)32-15-5-7-18-6-3-4-8-22(18)26/h3-12,16H,13-15H2,1-2H3,(H,28,30)/b7-5+. The molecule has 0 unspecified atom stereocenters. The maximum absolute atomic E-state index is 12.1. The molecule has 0 radical (unpaired) electrons. The lowest BCUT2D eigenvalue weighted by Crippen LogP contribution is -2.28. The van der Waals surface area contributed by atoms with Crippen LogP contribution in [0.15, 0.2) is 60.8 Å². The zero-order valence-corrected chi connectivity index (χ0v) is 18.7. The average molecular weight is 450 g/mol. The zero-order chi connectivity index (χ0) is 22.5. The molecule has 4 rings (SSSR count). The molecule has 4 aromatic rings. The molecule has 6 nitrogen and oxygen atoms in total. The number of hydrogen-bond acceptors (Lipinski definition) is 4. The van der Waals surface area contributed by atoms with E-state index in [1.807, 2.05) is 61.7 Å². The molecule has 0 saturated heterocycles. The number of methoxy groups -OCH3 is 1. The number of hydrogen-bond donors (Lipinski definition) is 1. The van der Waals surface area contributed by atoms with Crippen molar-refractivity contribution < 1.29 is 14.3 Å². The molecule has 1 N–H and O–H groups in total. The van der Waals surface area contributed by atoms with E-state index in [0.717, 1.165) is 38.8 Å². The molecule has 0 aliphatic rings. The number of nitrogens with one attached hydrogen (secondary N) is 1.